The number of halogens is 3. The third kappa shape index (κ3) is 7.17. The largest absolute Gasteiger partial charge is 0.446 e. The fourth-order valence-electron chi connectivity index (χ4n) is 3.59. The van der Waals surface area contributed by atoms with Gasteiger partial charge in [0.2, 0.25) is 0 Å². The van der Waals surface area contributed by atoms with Crippen molar-refractivity contribution in [1.29, 1.82) is 0 Å². The van der Waals surface area contributed by atoms with Gasteiger partial charge in [-0.05, 0) is 66.7 Å². The van der Waals surface area contributed by atoms with Gasteiger partial charge >= 0.3 is 18.2 Å². The van der Waals surface area contributed by atoms with E-state index in [1.54, 1.807) is 72.8 Å². The summed E-state index contributed by atoms with van der Waals surface area (Å²) < 4.78 is 18.0. The number of amides is 1. The van der Waals surface area contributed by atoms with Crippen molar-refractivity contribution in [3.05, 3.63) is 123 Å². The first kappa shape index (κ1) is 28.4. The van der Waals surface area contributed by atoms with E-state index in [0.29, 0.717) is 32.1 Å². The summed E-state index contributed by atoms with van der Waals surface area (Å²) in [5.41, 5.74) is 2.84. The monoisotopic (exact) mass is 624 g/mol. The van der Waals surface area contributed by atoms with Crippen molar-refractivity contribution in [2.45, 2.75) is 6.29 Å². The van der Waals surface area contributed by atoms with Crippen LogP contribution < -0.4 is 19.6 Å². The second-order valence-corrected chi connectivity index (χ2v) is 10.7. The number of para-hydroxylation sites is 1. The SMILES string of the molecule is O=C(Oc1ccccc1/C=N/NC(=O)C(Oc1ccc(Cl)cc1)Oc1ccc(Cl)cc1)c1sc2ccccc2c1Cl. The predicted octanol–water partition coefficient (Wildman–Crippen LogP) is 8.01. The first-order chi connectivity index (χ1) is 19.9. The summed E-state index contributed by atoms with van der Waals surface area (Å²) in [6, 6.07) is 27.1. The fourth-order valence-corrected chi connectivity index (χ4v) is 5.23. The Labute approximate surface area is 253 Å². The van der Waals surface area contributed by atoms with Crippen molar-refractivity contribution < 1.29 is 23.8 Å². The minimum Gasteiger partial charge on any atom is -0.446 e. The van der Waals surface area contributed by atoms with Crippen LogP contribution in [0.1, 0.15) is 15.2 Å². The van der Waals surface area contributed by atoms with Gasteiger partial charge in [0.25, 0.3) is 0 Å². The number of esters is 1. The molecule has 0 spiro atoms. The lowest BCUT2D eigenvalue weighted by atomic mass is 10.2. The molecule has 11 heteroatoms. The summed E-state index contributed by atoms with van der Waals surface area (Å²) in [7, 11) is 0. The number of benzene rings is 4. The average molecular weight is 626 g/mol. The van der Waals surface area contributed by atoms with Gasteiger partial charge < -0.3 is 14.2 Å². The standard InChI is InChI=1S/C30H19Cl3N2O5S/c31-19-9-13-21(14-10-19)38-30(39-22-15-11-20(32)12-16-22)28(36)35-34-17-18-5-1-3-7-24(18)40-29(37)27-26(33)23-6-2-4-8-25(23)41-27/h1-17,30H,(H,35,36)/b34-17+. The lowest BCUT2D eigenvalue weighted by molar-refractivity contribution is -0.140. The summed E-state index contributed by atoms with van der Waals surface area (Å²) in [4.78, 5) is 26.3. The minimum absolute atomic E-state index is 0.232. The van der Waals surface area contributed by atoms with Crippen LogP contribution in [0.5, 0.6) is 17.2 Å². The Morgan fingerprint density at radius 3 is 2.00 bits per heavy atom. The molecule has 4 aromatic carbocycles. The van der Waals surface area contributed by atoms with Gasteiger partial charge in [0.05, 0.1) is 11.2 Å². The van der Waals surface area contributed by atoms with Crippen LogP contribution in [0.15, 0.2) is 102 Å². The maximum Gasteiger partial charge on any atom is 0.355 e. The van der Waals surface area contributed by atoms with Crippen molar-refractivity contribution in [3.8, 4) is 17.2 Å². The van der Waals surface area contributed by atoms with Gasteiger partial charge in [0.1, 0.15) is 22.1 Å². The van der Waals surface area contributed by atoms with Crippen LogP contribution in [0.3, 0.4) is 0 Å². The van der Waals surface area contributed by atoms with Crippen molar-refractivity contribution in [2.24, 2.45) is 5.10 Å². The number of fused-ring (bicyclic) bond motifs is 1. The Hall–Kier alpha value is -4.08. The van der Waals surface area contributed by atoms with E-state index >= 15 is 0 Å². The zero-order valence-electron chi connectivity index (χ0n) is 20.9. The molecule has 0 aliphatic heterocycles. The second kappa shape index (κ2) is 13.1. The van der Waals surface area contributed by atoms with E-state index in [1.807, 2.05) is 24.3 Å². The molecule has 0 unspecified atom stereocenters. The third-order valence-corrected chi connectivity index (χ3v) is 7.71. The Kier molecular flexibility index (Phi) is 9.06. The molecular weight excluding hydrogens is 607 g/mol. The van der Waals surface area contributed by atoms with Gasteiger partial charge in [-0.2, -0.15) is 5.10 Å². The molecule has 7 nitrogen and oxygen atoms in total. The highest BCUT2D eigenvalue weighted by Gasteiger charge is 2.23. The number of rotatable bonds is 9. The van der Waals surface area contributed by atoms with Gasteiger partial charge in [-0.25, -0.2) is 10.2 Å². The Morgan fingerprint density at radius 2 is 1.37 bits per heavy atom. The summed E-state index contributed by atoms with van der Waals surface area (Å²) in [6.45, 7) is 0. The molecule has 1 heterocycles. The molecule has 206 valence electrons. The highest BCUT2D eigenvalue weighted by atomic mass is 35.5. The highest BCUT2D eigenvalue weighted by Crippen LogP contribution is 2.36. The number of ether oxygens (including phenoxy) is 3. The molecule has 41 heavy (non-hydrogen) atoms. The van der Waals surface area contributed by atoms with Crippen LogP contribution in [0.25, 0.3) is 10.1 Å². The van der Waals surface area contributed by atoms with Gasteiger partial charge in [-0.3, -0.25) is 4.79 Å². The summed E-state index contributed by atoms with van der Waals surface area (Å²) in [6.07, 6.45) is -0.0630. The van der Waals surface area contributed by atoms with E-state index in [9.17, 15) is 9.59 Å². The number of hydrogen-bond donors (Lipinski definition) is 1. The molecule has 0 saturated heterocycles. The quantitative estimate of drug-likeness (QED) is 0.0590. The zero-order chi connectivity index (χ0) is 28.8. The maximum atomic E-state index is 13.0. The fraction of sp³-hybridized carbons (Fsp3) is 0.0333. The average Bonchev–Trinajstić information content (AvgIpc) is 3.32. The molecule has 1 aromatic heterocycles. The first-order valence-corrected chi connectivity index (χ1v) is 14.0. The van der Waals surface area contributed by atoms with E-state index in [2.05, 4.69) is 10.5 Å². The normalized spacial score (nSPS) is 11.1. The van der Waals surface area contributed by atoms with Crippen LogP contribution in [-0.2, 0) is 4.79 Å². The van der Waals surface area contributed by atoms with Crippen LogP contribution in [-0.4, -0.2) is 24.4 Å². The molecule has 0 aliphatic carbocycles. The maximum absolute atomic E-state index is 13.0. The highest BCUT2D eigenvalue weighted by molar-refractivity contribution is 7.21. The van der Waals surface area contributed by atoms with E-state index in [1.165, 1.54) is 17.6 Å². The molecule has 0 fully saturated rings. The predicted molar refractivity (Wildman–Crippen MR) is 162 cm³/mol. The number of hydrazone groups is 1. The van der Waals surface area contributed by atoms with E-state index < -0.39 is 18.2 Å². The molecular formula is C30H19Cl3N2O5S. The van der Waals surface area contributed by atoms with Crippen molar-refractivity contribution in [1.82, 2.24) is 5.43 Å². The van der Waals surface area contributed by atoms with E-state index in [4.69, 9.17) is 49.0 Å². The van der Waals surface area contributed by atoms with Crippen LogP contribution >= 0.6 is 46.1 Å². The zero-order valence-corrected chi connectivity index (χ0v) is 24.0. The van der Waals surface area contributed by atoms with E-state index in [-0.39, 0.29) is 10.6 Å². The second-order valence-electron chi connectivity index (χ2n) is 8.38. The topological polar surface area (TPSA) is 86.2 Å². The van der Waals surface area contributed by atoms with Crippen molar-refractivity contribution in [2.75, 3.05) is 0 Å². The molecule has 5 rings (SSSR count). The van der Waals surface area contributed by atoms with E-state index in [0.717, 1.165) is 10.1 Å². The number of carbonyl (C=O) groups is 2. The molecule has 0 atom stereocenters. The molecule has 0 bridgehead atoms. The number of nitrogens with zero attached hydrogens (tertiary/aromatic N) is 1. The van der Waals surface area contributed by atoms with Gasteiger partial charge in [-0.15, -0.1) is 11.3 Å². The lowest BCUT2D eigenvalue weighted by Crippen LogP contribution is -2.40. The smallest absolute Gasteiger partial charge is 0.355 e. The number of nitrogens with one attached hydrogen (secondary N) is 1. The molecule has 1 N–H and O–H groups in total. The number of thiophene rings is 1. The first-order valence-electron chi connectivity index (χ1n) is 12.0. The molecule has 5 aromatic rings. The molecule has 0 radical (unpaired) electrons. The molecule has 1 amide bonds. The summed E-state index contributed by atoms with van der Waals surface area (Å²) in [5.74, 6) is -0.365. The molecule has 0 aliphatic rings. The van der Waals surface area contributed by atoms with Crippen LogP contribution in [0, 0.1) is 0 Å². The van der Waals surface area contributed by atoms with Crippen LogP contribution in [0.4, 0.5) is 0 Å². The summed E-state index contributed by atoms with van der Waals surface area (Å²) >= 11 is 19.6. The Balaban J connectivity index is 1.30. The van der Waals surface area contributed by atoms with Crippen LogP contribution in [0.2, 0.25) is 15.1 Å². The Morgan fingerprint density at radius 1 is 0.780 bits per heavy atom. The van der Waals surface area contributed by atoms with Gasteiger partial charge in [0.15, 0.2) is 0 Å². The number of carbonyl (C=O) groups excluding carboxylic acids is 2. The summed E-state index contributed by atoms with van der Waals surface area (Å²) in [5, 5.41) is 6.16. The minimum atomic E-state index is -1.40. The Bertz CT molecular complexity index is 1680. The lowest BCUT2D eigenvalue weighted by Gasteiger charge is -2.19. The third-order valence-electron chi connectivity index (χ3n) is 5.55. The van der Waals surface area contributed by atoms with Gasteiger partial charge in [0, 0.05) is 25.7 Å². The number of hydrogen-bond acceptors (Lipinski definition) is 7. The van der Waals surface area contributed by atoms with Gasteiger partial charge in [-0.1, -0.05) is 65.1 Å². The molecule has 0 saturated carbocycles. The van der Waals surface area contributed by atoms with Crippen molar-refractivity contribution in [3.63, 3.8) is 0 Å². The van der Waals surface area contributed by atoms with Crippen molar-refractivity contribution >= 4 is 74.3 Å².